The normalized spacial score (nSPS) is 12.0. The van der Waals surface area contributed by atoms with Gasteiger partial charge >= 0.3 is 0 Å². The second-order valence-corrected chi connectivity index (χ2v) is 4.89. The van der Waals surface area contributed by atoms with Crippen LogP contribution in [0, 0.1) is 0 Å². The second kappa shape index (κ2) is 2.40. The van der Waals surface area contributed by atoms with E-state index in [1.807, 2.05) is 8.93 Å². The van der Waals surface area contributed by atoms with E-state index in [0.717, 1.165) is 0 Å². The molecule has 0 rings (SSSR count). The fourth-order valence-corrected chi connectivity index (χ4v) is 0. The largest absolute Gasteiger partial charge is 0.0834 e. The van der Waals surface area contributed by atoms with Crippen molar-refractivity contribution in [3.63, 3.8) is 0 Å². The van der Waals surface area contributed by atoms with Crippen molar-refractivity contribution in [2.75, 3.05) is 0 Å². The zero-order valence-electron chi connectivity index (χ0n) is 4.29. The summed E-state index contributed by atoms with van der Waals surface area (Å²) in [5.74, 6) is 0. The van der Waals surface area contributed by atoms with Gasteiger partial charge in [-0.1, -0.05) is 29.7 Å². The quantitative estimate of drug-likeness (QED) is 0.561. The maximum absolute atomic E-state index is 2.31. The number of rotatable bonds is 0. The van der Waals surface area contributed by atoms with E-state index in [1.165, 1.54) is 0 Å². The lowest BCUT2D eigenvalue weighted by molar-refractivity contribution is 0.811. The highest BCUT2D eigenvalue weighted by Gasteiger charge is 2.05. The molecular weight excluding hydrogens is 207 g/mol. The molecule has 0 aliphatic rings. The van der Waals surface area contributed by atoms with Crippen LogP contribution in [0.1, 0.15) is 20.8 Å². The Morgan fingerprint density at radius 1 is 1.33 bits per heavy atom. The Balaban J connectivity index is 3.17. The minimum atomic E-state index is 0.445. The van der Waals surface area contributed by atoms with Gasteiger partial charge < -0.3 is 0 Å². The molecule has 0 unspecified atom stereocenters. The maximum atomic E-state index is 2.31. The molecule has 0 heterocycles. The smallest absolute Gasteiger partial charge is 0.0175 e. The Kier molecular flexibility index (Phi) is 2.84. The summed E-state index contributed by atoms with van der Waals surface area (Å²) in [6, 6.07) is 0. The fraction of sp³-hybridized carbons (Fsp3) is 1.00. The monoisotopic (exact) mass is 216 g/mol. The van der Waals surface area contributed by atoms with Crippen LogP contribution in [0.5, 0.6) is 0 Å². The molecule has 0 amide bonds. The number of hydrogen-bond donors (Lipinski definition) is 0. The van der Waals surface area contributed by atoms with Gasteiger partial charge in [0, 0.05) is 4.75 Å². The molecule has 0 fully saturated rings. The summed E-state index contributed by atoms with van der Waals surface area (Å²) < 4.78 is 0.445. The summed E-state index contributed by atoms with van der Waals surface area (Å²) in [4.78, 5) is 0. The first-order valence-corrected chi connectivity index (χ1v) is 5.22. The van der Waals surface area contributed by atoms with Crippen LogP contribution >= 0.6 is 30.1 Å². The van der Waals surface area contributed by atoms with Crippen LogP contribution in [0.2, 0.25) is 0 Å². The highest BCUT2D eigenvalue weighted by molar-refractivity contribution is 14.2. The molecule has 0 atom stereocenters. The first-order chi connectivity index (χ1) is 2.56. The second-order valence-electron chi connectivity index (χ2n) is 2.19. The lowest BCUT2D eigenvalue weighted by atomic mass is 10.3. The Labute approximate surface area is 55.7 Å². The summed E-state index contributed by atoms with van der Waals surface area (Å²) in [5, 5.41) is 0. The average Bonchev–Trinajstić information content (AvgIpc) is 1.35. The molecule has 0 aromatic carbocycles. The zero-order chi connectivity index (χ0) is 5.21. The van der Waals surface area contributed by atoms with Gasteiger partial charge in [-0.2, -0.15) is 0 Å². The zero-order valence-corrected chi connectivity index (χ0v) is 7.26. The van der Waals surface area contributed by atoms with E-state index in [0.29, 0.717) is 4.75 Å². The summed E-state index contributed by atoms with van der Waals surface area (Å²) in [7, 11) is 1.85. The number of hydrogen-bond acceptors (Lipinski definition) is 1. The Morgan fingerprint density at radius 2 is 1.50 bits per heavy atom. The molecule has 0 radical (unpaired) electrons. The average molecular weight is 216 g/mol. The van der Waals surface area contributed by atoms with Crippen LogP contribution in [0.3, 0.4) is 0 Å². The van der Waals surface area contributed by atoms with Crippen molar-refractivity contribution < 1.29 is 0 Å². The molecule has 0 N–H and O–H groups in total. The van der Waals surface area contributed by atoms with Crippen LogP contribution in [0.15, 0.2) is 0 Å². The van der Waals surface area contributed by atoms with Crippen molar-refractivity contribution in [3.8, 4) is 0 Å². The molecular formula is C4H9IS. The van der Waals surface area contributed by atoms with E-state index < -0.39 is 0 Å². The molecule has 0 spiro atoms. The third kappa shape index (κ3) is 5.08. The molecule has 2 heteroatoms. The van der Waals surface area contributed by atoms with Gasteiger partial charge in [0.05, 0.1) is 0 Å². The van der Waals surface area contributed by atoms with Crippen molar-refractivity contribution in [2.24, 2.45) is 0 Å². The predicted octanol–water partition coefficient (Wildman–Crippen LogP) is 2.87. The van der Waals surface area contributed by atoms with Crippen molar-refractivity contribution in [3.05, 3.63) is 0 Å². The standard InChI is InChI=1S/C4H9IS/c1-4(2,3)6-5/h1-3H3. The van der Waals surface area contributed by atoms with E-state index in [4.69, 9.17) is 0 Å². The minimum Gasteiger partial charge on any atom is -0.0834 e. The molecule has 0 aliphatic heterocycles. The highest BCUT2D eigenvalue weighted by atomic mass is 127. The van der Waals surface area contributed by atoms with Gasteiger partial charge in [0.2, 0.25) is 0 Å². The molecule has 0 nitrogen and oxygen atoms in total. The summed E-state index contributed by atoms with van der Waals surface area (Å²) in [6.45, 7) is 6.60. The van der Waals surface area contributed by atoms with Crippen LogP contribution in [-0.4, -0.2) is 4.75 Å². The van der Waals surface area contributed by atoms with E-state index in [1.54, 1.807) is 0 Å². The van der Waals surface area contributed by atoms with Crippen LogP contribution in [0.4, 0.5) is 0 Å². The summed E-state index contributed by atoms with van der Waals surface area (Å²) >= 11 is 2.31. The predicted molar refractivity (Wildman–Crippen MR) is 41.4 cm³/mol. The van der Waals surface area contributed by atoms with Crippen LogP contribution in [0.25, 0.3) is 0 Å². The summed E-state index contributed by atoms with van der Waals surface area (Å²) in [5.41, 5.74) is 0. The van der Waals surface area contributed by atoms with Gasteiger partial charge in [-0.25, -0.2) is 0 Å². The van der Waals surface area contributed by atoms with E-state index in [9.17, 15) is 0 Å². The summed E-state index contributed by atoms with van der Waals surface area (Å²) in [6.07, 6.45) is 0. The highest BCUT2D eigenvalue weighted by Crippen LogP contribution is 2.29. The van der Waals surface area contributed by atoms with E-state index in [2.05, 4.69) is 42.0 Å². The number of halogens is 1. The molecule has 38 valence electrons. The molecule has 0 bridgehead atoms. The molecule has 0 aromatic heterocycles. The van der Waals surface area contributed by atoms with Crippen molar-refractivity contribution in [1.29, 1.82) is 0 Å². The topological polar surface area (TPSA) is 0 Å². The minimum absolute atomic E-state index is 0.445. The van der Waals surface area contributed by atoms with Crippen molar-refractivity contribution in [1.82, 2.24) is 0 Å². The third-order valence-electron chi connectivity index (χ3n) is 0.231. The molecule has 0 aliphatic carbocycles. The first kappa shape index (κ1) is 7.08. The molecule has 6 heavy (non-hydrogen) atoms. The first-order valence-electron chi connectivity index (χ1n) is 1.86. The van der Waals surface area contributed by atoms with Crippen LogP contribution in [-0.2, 0) is 0 Å². The van der Waals surface area contributed by atoms with Crippen molar-refractivity contribution >= 4 is 30.1 Å². The van der Waals surface area contributed by atoms with Crippen LogP contribution < -0.4 is 0 Å². The van der Waals surface area contributed by atoms with Gasteiger partial charge in [0.15, 0.2) is 0 Å². The molecule has 0 saturated carbocycles. The van der Waals surface area contributed by atoms with Gasteiger partial charge in [0.1, 0.15) is 0 Å². The van der Waals surface area contributed by atoms with E-state index >= 15 is 0 Å². The fourth-order valence-electron chi connectivity index (χ4n) is 0. The molecule has 0 saturated heterocycles. The lowest BCUT2D eigenvalue weighted by Gasteiger charge is -2.10. The van der Waals surface area contributed by atoms with Gasteiger partial charge in [0.25, 0.3) is 0 Å². The van der Waals surface area contributed by atoms with Gasteiger partial charge in [-0.3, -0.25) is 0 Å². The third-order valence-corrected chi connectivity index (χ3v) is 4.66. The Morgan fingerprint density at radius 3 is 1.50 bits per heavy atom. The van der Waals surface area contributed by atoms with Gasteiger partial charge in [-0.05, 0) is 21.2 Å². The SMILES string of the molecule is CC(C)(C)SI. The molecule has 0 aromatic rings. The Bertz CT molecular complexity index is 37.3. The van der Waals surface area contributed by atoms with E-state index in [-0.39, 0.29) is 0 Å². The lowest BCUT2D eigenvalue weighted by Crippen LogP contribution is -2.02. The maximum Gasteiger partial charge on any atom is 0.0175 e. The Hall–Kier alpha value is 1.08. The van der Waals surface area contributed by atoms with Gasteiger partial charge in [-0.15, -0.1) is 0 Å². The van der Waals surface area contributed by atoms with Crippen molar-refractivity contribution in [2.45, 2.75) is 25.5 Å².